The van der Waals surface area contributed by atoms with Crippen molar-refractivity contribution in [1.29, 1.82) is 0 Å². The smallest absolute Gasteiger partial charge is 0.308 e. The van der Waals surface area contributed by atoms with E-state index in [-0.39, 0.29) is 11.7 Å². The van der Waals surface area contributed by atoms with Gasteiger partial charge in [-0.25, -0.2) is 0 Å². The Morgan fingerprint density at radius 1 is 0.808 bits per heavy atom. The fraction of sp³-hybridized carbons (Fsp3) is 0.348. The van der Waals surface area contributed by atoms with Gasteiger partial charge in [0.05, 0.1) is 0 Å². The molecule has 3 heteroatoms. The average molecular weight is 350 g/mol. The number of phenols is 1. The third-order valence-electron chi connectivity index (χ3n) is 4.87. The van der Waals surface area contributed by atoms with Crippen LogP contribution in [0.15, 0.2) is 54.1 Å². The summed E-state index contributed by atoms with van der Waals surface area (Å²) in [7, 11) is 0. The summed E-state index contributed by atoms with van der Waals surface area (Å²) in [6.07, 6.45) is 8.59. The molecule has 1 aliphatic carbocycles. The predicted molar refractivity (Wildman–Crippen MR) is 104 cm³/mol. The van der Waals surface area contributed by atoms with Crippen LogP contribution in [-0.2, 0) is 4.79 Å². The van der Waals surface area contributed by atoms with E-state index in [1.807, 2.05) is 36.4 Å². The SMILES string of the molecule is CC(=O)Oc1ccc(C(=C2CCCCCCC2)c2ccc(O)cc2)cc1. The van der Waals surface area contributed by atoms with Gasteiger partial charge in [0.1, 0.15) is 11.5 Å². The largest absolute Gasteiger partial charge is 0.508 e. The second kappa shape index (κ2) is 8.70. The summed E-state index contributed by atoms with van der Waals surface area (Å²) in [6.45, 7) is 1.41. The highest BCUT2D eigenvalue weighted by Crippen LogP contribution is 2.35. The minimum absolute atomic E-state index is 0.279. The summed E-state index contributed by atoms with van der Waals surface area (Å²) < 4.78 is 5.16. The van der Waals surface area contributed by atoms with Crippen molar-refractivity contribution in [1.82, 2.24) is 0 Å². The number of phenolic OH excluding ortho intramolecular Hbond substituents is 1. The fourth-order valence-corrected chi connectivity index (χ4v) is 3.64. The number of carbonyl (C=O) groups is 1. The number of carbonyl (C=O) groups excluding carboxylic acids is 1. The number of aromatic hydroxyl groups is 1. The van der Waals surface area contributed by atoms with Crippen LogP contribution in [0.2, 0.25) is 0 Å². The maximum absolute atomic E-state index is 11.1. The van der Waals surface area contributed by atoms with Gasteiger partial charge in [0.15, 0.2) is 0 Å². The molecule has 1 aliphatic rings. The maximum atomic E-state index is 11.1. The first-order valence-corrected chi connectivity index (χ1v) is 9.44. The van der Waals surface area contributed by atoms with Crippen LogP contribution in [0.25, 0.3) is 5.57 Å². The van der Waals surface area contributed by atoms with E-state index < -0.39 is 0 Å². The monoisotopic (exact) mass is 350 g/mol. The van der Waals surface area contributed by atoms with Gasteiger partial charge in [-0.15, -0.1) is 0 Å². The molecule has 1 saturated carbocycles. The Morgan fingerprint density at radius 2 is 1.31 bits per heavy atom. The number of allylic oxidation sites excluding steroid dienone is 1. The Labute approximate surface area is 155 Å². The number of hydrogen-bond acceptors (Lipinski definition) is 3. The normalized spacial score (nSPS) is 15.0. The first-order valence-electron chi connectivity index (χ1n) is 9.44. The van der Waals surface area contributed by atoms with Crippen LogP contribution in [0.1, 0.15) is 63.0 Å². The van der Waals surface area contributed by atoms with Crippen LogP contribution in [0.4, 0.5) is 0 Å². The van der Waals surface area contributed by atoms with Crippen LogP contribution in [0.3, 0.4) is 0 Å². The lowest BCUT2D eigenvalue weighted by molar-refractivity contribution is -0.131. The standard InChI is InChI=1S/C23H26O3/c1-17(24)26-22-15-11-20(12-16-22)23(19-9-13-21(25)14-10-19)18-7-5-3-2-4-6-8-18/h9-16,25H,2-8H2,1H3. The van der Waals surface area contributed by atoms with Crippen LogP contribution < -0.4 is 4.74 Å². The van der Waals surface area contributed by atoms with E-state index >= 15 is 0 Å². The second-order valence-electron chi connectivity index (χ2n) is 6.91. The van der Waals surface area contributed by atoms with E-state index in [4.69, 9.17) is 4.74 Å². The van der Waals surface area contributed by atoms with Gasteiger partial charge < -0.3 is 9.84 Å². The minimum atomic E-state index is -0.310. The third kappa shape index (κ3) is 4.75. The molecule has 0 radical (unpaired) electrons. The number of hydrogen-bond donors (Lipinski definition) is 1. The number of benzene rings is 2. The summed E-state index contributed by atoms with van der Waals surface area (Å²) in [4.78, 5) is 11.1. The first-order chi connectivity index (χ1) is 12.6. The lowest BCUT2D eigenvalue weighted by Gasteiger charge is -2.19. The summed E-state index contributed by atoms with van der Waals surface area (Å²) in [5.41, 5.74) is 4.98. The molecule has 0 spiro atoms. The third-order valence-corrected chi connectivity index (χ3v) is 4.87. The van der Waals surface area contributed by atoms with Gasteiger partial charge >= 0.3 is 5.97 Å². The van der Waals surface area contributed by atoms with Gasteiger partial charge in [-0.1, -0.05) is 49.1 Å². The lowest BCUT2D eigenvalue weighted by Crippen LogP contribution is -2.02. The maximum Gasteiger partial charge on any atom is 0.308 e. The van der Waals surface area contributed by atoms with E-state index in [0.29, 0.717) is 5.75 Å². The van der Waals surface area contributed by atoms with Gasteiger partial charge in [-0.3, -0.25) is 4.79 Å². The van der Waals surface area contributed by atoms with Crippen LogP contribution >= 0.6 is 0 Å². The van der Waals surface area contributed by atoms with Crippen molar-refractivity contribution in [3.63, 3.8) is 0 Å². The van der Waals surface area contributed by atoms with E-state index in [0.717, 1.165) is 24.0 Å². The summed E-state index contributed by atoms with van der Waals surface area (Å²) in [5, 5.41) is 9.66. The Morgan fingerprint density at radius 3 is 1.85 bits per heavy atom. The molecule has 0 saturated heterocycles. The predicted octanol–water partition coefficient (Wildman–Crippen LogP) is 5.86. The molecule has 0 aliphatic heterocycles. The highest BCUT2D eigenvalue weighted by Gasteiger charge is 2.14. The van der Waals surface area contributed by atoms with Crippen molar-refractivity contribution in [3.05, 3.63) is 65.2 Å². The van der Waals surface area contributed by atoms with Crippen molar-refractivity contribution in [3.8, 4) is 11.5 Å². The van der Waals surface area contributed by atoms with Crippen LogP contribution in [-0.4, -0.2) is 11.1 Å². The molecular weight excluding hydrogens is 324 g/mol. The van der Waals surface area contributed by atoms with E-state index in [9.17, 15) is 9.90 Å². The molecule has 0 atom stereocenters. The van der Waals surface area contributed by atoms with Crippen molar-refractivity contribution in [2.75, 3.05) is 0 Å². The number of esters is 1. The quantitative estimate of drug-likeness (QED) is 0.557. The molecule has 26 heavy (non-hydrogen) atoms. The molecule has 1 N–H and O–H groups in total. The highest BCUT2D eigenvalue weighted by atomic mass is 16.5. The van der Waals surface area contributed by atoms with Crippen molar-refractivity contribution in [2.24, 2.45) is 0 Å². The molecule has 0 bridgehead atoms. The van der Waals surface area contributed by atoms with Gasteiger partial charge in [0, 0.05) is 6.92 Å². The Balaban J connectivity index is 2.02. The number of rotatable bonds is 3. The van der Waals surface area contributed by atoms with Crippen molar-refractivity contribution in [2.45, 2.75) is 51.9 Å². The van der Waals surface area contributed by atoms with Crippen LogP contribution in [0, 0.1) is 0 Å². The molecule has 3 nitrogen and oxygen atoms in total. The summed E-state index contributed by atoms with van der Waals surface area (Å²) in [5.74, 6) is 0.532. The van der Waals surface area contributed by atoms with E-state index in [1.165, 1.54) is 50.2 Å². The minimum Gasteiger partial charge on any atom is -0.508 e. The molecule has 0 unspecified atom stereocenters. The van der Waals surface area contributed by atoms with Crippen molar-refractivity contribution >= 4 is 11.5 Å². The Bertz CT molecular complexity index is 760. The van der Waals surface area contributed by atoms with Crippen molar-refractivity contribution < 1.29 is 14.6 Å². The Hall–Kier alpha value is -2.55. The molecule has 0 aromatic heterocycles. The average Bonchev–Trinajstić information content (AvgIpc) is 2.59. The van der Waals surface area contributed by atoms with E-state index in [1.54, 1.807) is 12.1 Å². The van der Waals surface area contributed by atoms with E-state index in [2.05, 4.69) is 0 Å². The molecular formula is C23H26O3. The first kappa shape index (κ1) is 18.2. The molecule has 2 aromatic carbocycles. The molecule has 2 aromatic rings. The van der Waals surface area contributed by atoms with Gasteiger partial charge in [-0.2, -0.15) is 0 Å². The zero-order valence-electron chi connectivity index (χ0n) is 15.3. The molecule has 1 fully saturated rings. The van der Waals surface area contributed by atoms with Gasteiger partial charge in [0.2, 0.25) is 0 Å². The zero-order chi connectivity index (χ0) is 18.4. The highest BCUT2D eigenvalue weighted by molar-refractivity contribution is 5.82. The molecule has 0 heterocycles. The van der Waals surface area contributed by atoms with Crippen LogP contribution in [0.5, 0.6) is 11.5 Å². The number of ether oxygens (including phenoxy) is 1. The molecule has 3 rings (SSSR count). The van der Waals surface area contributed by atoms with Gasteiger partial charge in [-0.05, 0) is 66.6 Å². The second-order valence-corrected chi connectivity index (χ2v) is 6.91. The fourth-order valence-electron chi connectivity index (χ4n) is 3.64. The summed E-state index contributed by atoms with van der Waals surface area (Å²) >= 11 is 0. The lowest BCUT2D eigenvalue weighted by atomic mass is 9.86. The summed E-state index contributed by atoms with van der Waals surface area (Å²) in [6, 6.07) is 15.2. The topological polar surface area (TPSA) is 46.5 Å². The zero-order valence-corrected chi connectivity index (χ0v) is 15.3. The molecule has 0 amide bonds. The molecule has 136 valence electrons. The Kier molecular flexibility index (Phi) is 6.11. The van der Waals surface area contributed by atoms with Gasteiger partial charge in [0.25, 0.3) is 0 Å².